The third-order valence-corrected chi connectivity index (χ3v) is 6.96. The number of hydrogen-bond acceptors (Lipinski definition) is 6. The van der Waals surface area contributed by atoms with E-state index in [9.17, 15) is 14.7 Å². The van der Waals surface area contributed by atoms with E-state index in [4.69, 9.17) is 21.1 Å². The number of hydrogen-bond donors (Lipinski definition) is 1. The quantitative estimate of drug-likeness (QED) is 0.174. The minimum Gasteiger partial charge on any atom is -0.507 e. The molecular weight excluding hydrogens is 516 g/mol. The number of carbonyl (C=O) groups is 2. The first-order chi connectivity index (χ1) is 18.8. The summed E-state index contributed by atoms with van der Waals surface area (Å²) in [5, 5.41) is 12.1. The van der Waals surface area contributed by atoms with Crippen molar-refractivity contribution in [2.24, 2.45) is 0 Å². The van der Waals surface area contributed by atoms with Gasteiger partial charge in [-0.05, 0) is 81.8 Å². The summed E-state index contributed by atoms with van der Waals surface area (Å²) in [5.74, 6) is -0.900. The molecule has 0 aromatic heterocycles. The van der Waals surface area contributed by atoms with E-state index in [0.717, 1.165) is 18.8 Å². The molecule has 0 radical (unpaired) electrons. The molecule has 39 heavy (non-hydrogen) atoms. The van der Waals surface area contributed by atoms with Crippen LogP contribution >= 0.6 is 11.6 Å². The van der Waals surface area contributed by atoms with Crippen LogP contribution < -0.4 is 19.3 Å². The van der Waals surface area contributed by atoms with Crippen molar-refractivity contribution in [2.75, 3.05) is 36.1 Å². The highest BCUT2D eigenvalue weighted by molar-refractivity contribution is 6.51. The van der Waals surface area contributed by atoms with Gasteiger partial charge in [0, 0.05) is 35.6 Å². The summed E-state index contributed by atoms with van der Waals surface area (Å²) in [5.41, 5.74) is 2.49. The van der Waals surface area contributed by atoms with Crippen LogP contribution in [0.1, 0.15) is 44.9 Å². The maximum absolute atomic E-state index is 13.6. The first-order valence-electron chi connectivity index (χ1n) is 13.2. The zero-order valence-corrected chi connectivity index (χ0v) is 23.4. The van der Waals surface area contributed by atoms with Gasteiger partial charge in [-0.15, -0.1) is 0 Å². The maximum atomic E-state index is 13.6. The largest absolute Gasteiger partial charge is 0.507 e. The number of ketones is 1. The highest BCUT2D eigenvalue weighted by Crippen LogP contribution is 2.44. The molecule has 1 heterocycles. The number of halogens is 1. The Morgan fingerprint density at radius 2 is 1.54 bits per heavy atom. The van der Waals surface area contributed by atoms with E-state index in [0.29, 0.717) is 46.5 Å². The van der Waals surface area contributed by atoms with Gasteiger partial charge in [-0.2, -0.15) is 0 Å². The second-order valence-corrected chi connectivity index (χ2v) is 9.37. The SMILES string of the molecule is CCOc1ccc(/C(O)=C2/C(=O)C(=O)N(c3ccc(Cl)cc3)C2c2ccc(N(CC)CC)cc2)c(OCC)c1. The number of amides is 1. The van der Waals surface area contributed by atoms with Crippen LogP contribution in [0.15, 0.2) is 72.3 Å². The first-order valence-corrected chi connectivity index (χ1v) is 13.5. The summed E-state index contributed by atoms with van der Waals surface area (Å²) in [4.78, 5) is 30.6. The van der Waals surface area contributed by atoms with Gasteiger partial charge in [0.2, 0.25) is 0 Å². The van der Waals surface area contributed by atoms with E-state index >= 15 is 0 Å². The van der Waals surface area contributed by atoms with E-state index in [1.165, 1.54) is 4.90 Å². The molecule has 8 heteroatoms. The number of nitrogens with zero attached hydrogens (tertiary/aromatic N) is 2. The fourth-order valence-corrected chi connectivity index (χ4v) is 4.97. The lowest BCUT2D eigenvalue weighted by molar-refractivity contribution is -0.132. The average Bonchev–Trinajstić information content (AvgIpc) is 3.20. The number of ether oxygens (including phenoxy) is 2. The Morgan fingerprint density at radius 3 is 2.13 bits per heavy atom. The molecule has 1 unspecified atom stereocenters. The number of Topliss-reactive ketones (excluding diaryl/α,β-unsaturated/α-hetero) is 1. The molecule has 1 atom stereocenters. The topological polar surface area (TPSA) is 79.3 Å². The number of benzene rings is 3. The summed E-state index contributed by atoms with van der Waals surface area (Å²) in [6.45, 7) is 10.4. The van der Waals surface area contributed by atoms with Crippen LogP contribution in [0.25, 0.3) is 5.76 Å². The van der Waals surface area contributed by atoms with E-state index in [1.807, 2.05) is 38.1 Å². The Hall–Kier alpha value is -3.97. The van der Waals surface area contributed by atoms with Crippen molar-refractivity contribution in [3.63, 3.8) is 0 Å². The maximum Gasteiger partial charge on any atom is 0.300 e. The molecule has 1 aliphatic rings. The lowest BCUT2D eigenvalue weighted by Gasteiger charge is -2.27. The molecule has 0 saturated carbocycles. The summed E-state index contributed by atoms with van der Waals surface area (Å²) in [6.07, 6.45) is 0. The van der Waals surface area contributed by atoms with Crippen molar-refractivity contribution in [3.05, 3.63) is 88.5 Å². The fraction of sp³-hybridized carbons (Fsp3) is 0.290. The standard InChI is InChI=1S/C31H33ClN2O5/c1-5-33(6-2)22-13-9-20(10-14-22)28-27(30(36)31(37)34(28)23-15-11-21(32)12-16-23)29(35)25-18-17-24(38-7-3)19-26(25)39-8-4/h9-19,28,35H,5-8H2,1-4H3/b29-27-. The van der Waals surface area contributed by atoms with Gasteiger partial charge in [0.15, 0.2) is 0 Å². The third kappa shape index (κ3) is 5.59. The highest BCUT2D eigenvalue weighted by atomic mass is 35.5. The number of aliphatic hydroxyl groups is 1. The predicted molar refractivity (Wildman–Crippen MR) is 155 cm³/mol. The molecule has 0 spiro atoms. The van der Waals surface area contributed by atoms with Crippen LogP contribution in [0.2, 0.25) is 5.02 Å². The van der Waals surface area contributed by atoms with Crippen LogP contribution in [0, 0.1) is 0 Å². The van der Waals surface area contributed by atoms with Gasteiger partial charge in [-0.1, -0.05) is 23.7 Å². The van der Waals surface area contributed by atoms with Gasteiger partial charge in [0.1, 0.15) is 17.3 Å². The number of rotatable bonds is 10. The number of carbonyl (C=O) groups excluding carboxylic acids is 2. The van der Waals surface area contributed by atoms with Crippen LogP contribution in [-0.2, 0) is 9.59 Å². The van der Waals surface area contributed by atoms with Gasteiger partial charge in [0.05, 0.1) is 30.4 Å². The Balaban J connectivity index is 1.91. The smallest absolute Gasteiger partial charge is 0.300 e. The van der Waals surface area contributed by atoms with Crippen LogP contribution in [0.3, 0.4) is 0 Å². The second kappa shape index (κ2) is 12.3. The van der Waals surface area contributed by atoms with Crippen molar-refractivity contribution in [1.29, 1.82) is 0 Å². The summed E-state index contributed by atoms with van der Waals surface area (Å²) >= 11 is 6.10. The third-order valence-electron chi connectivity index (χ3n) is 6.71. The fourth-order valence-electron chi connectivity index (χ4n) is 4.85. The lowest BCUT2D eigenvalue weighted by atomic mass is 9.94. The van der Waals surface area contributed by atoms with Gasteiger partial charge in [-0.25, -0.2) is 0 Å². The van der Waals surface area contributed by atoms with Gasteiger partial charge in [-0.3, -0.25) is 14.5 Å². The van der Waals surface area contributed by atoms with Gasteiger partial charge >= 0.3 is 0 Å². The normalized spacial score (nSPS) is 16.4. The van der Waals surface area contributed by atoms with Crippen molar-refractivity contribution in [2.45, 2.75) is 33.7 Å². The molecule has 7 nitrogen and oxygen atoms in total. The van der Waals surface area contributed by atoms with Crippen molar-refractivity contribution in [3.8, 4) is 11.5 Å². The molecule has 1 amide bonds. The molecule has 4 rings (SSSR count). The molecule has 0 aliphatic carbocycles. The van der Waals surface area contributed by atoms with Crippen molar-refractivity contribution in [1.82, 2.24) is 0 Å². The second-order valence-electron chi connectivity index (χ2n) is 8.93. The predicted octanol–water partition coefficient (Wildman–Crippen LogP) is 6.61. The zero-order chi connectivity index (χ0) is 28.1. The molecule has 1 fully saturated rings. The van der Waals surface area contributed by atoms with Gasteiger partial charge in [0.25, 0.3) is 11.7 Å². The molecule has 1 aliphatic heterocycles. The van der Waals surface area contributed by atoms with Crippen LogP contribution in [0.5, 0.6) is 11.5 Å². The van der Waals surface area contributed by atoms with Crippen molar-refractivity contribution < 1.29 is 24.2 Å². The zero-order valence-electron chi connectivity index (χ0n) is 22.6. The Morgan fingerprint density at radius 1 is 0.897 bits per heavy atom. The minimum atomic E-state index is -0.863. The Labute approximate surface area is 234 Å². The van der Waals surface area contributed by atoms with Crippen LogP contribution in [-0.4, -0.2) is 43.1 Å². The Bertz CT molecular complexity index is 1360. The minimum absolute atomic E-state index is 0.0179. The molecule has 3 aromatic rings. The van der Waals surface area contributed by atoms with E-state index in [1.54, 1.807) is 42.5 Å². The van der Waals surface area contributed by atoms with Gasteiger partial charge < -0.3 is 19.5 Å². The van der Waals surface area contributed by atoms with E-state index < -0.39 is 17.7 Å². The summed E-state index contributed by atoms with van der Waals surface area (Å²) < 4.78 is 11.4. The van der Waals surface area contributed by atoms with Crippen LogP contribution in [0.4, 0.5) is 11.4 Å². The first kappa shape index (κ1) is 28.0. The van der Waals surface area contributed by atoms with E-state index in [-0.39, 0.29) is 11.3 Å². The molecule has 0 bridgehead atoms. The van der Waals surface area contributed by atoms with Crippen molar-refractivity contribution >= 4 is 40.4 Å². The number of anilines is 2. The summed E-state index contributed by atoms with van der Waals surface area (Å²) in [6, 6.07) is 18.6. The average molecular weight is 549 g/mol. The molecule has 1 N–H and O–H groups in total. The highest BCUT2D eigenvalue weighted by Gasteiger charge is 2.47. The molecular formula is C31H33ClN2O5. The molecule has 1 saturated heterocycles. The molecule has 204 valence electrons. The van der Waals surface area contributed by atoms with E-state index in [2.05, 4.69) is 18.7 Å². The Kier molecular flexibility index (Phi) is 8.82. The number of aliphatic hydroxyl groups excluding tert-OH is 1. The monoisotopic (exact) mass is 548 g/mol. The summed E-state index contributed by atoms with van der Waals surface area (Å²) in [7, 11) is 0. The lowest BCUT2D eigenvalue weighted by Crippen LogP contribution is -2.29. The molecule has 3 aromatic carbocycles.